The zero-order valence-corrected chi connectivity index (χ0v) is 22.9. The minimum absolute atomic E-state index is 0.0708. The highest BCUT2D eigenvalue weighted by Gasteiger charge is 2.63. The molecule has 11 nitrogen and oxygen atoms in total. The summed E-state index contributed by atoms with van der Waals surface area (Å²) in [6.07, 6.45) is 7.87. The summed E-state index contributed by atoms with van der Waals surface area (Å²) in [4.78, 5) is 41.5. The largest absolute Gasteiger partial charge is 0.477 e. The highest BCUT2D eigenvalue weighted by atomic mass is 16.5. The van der Waals surface area contributed by atoms with Crippen LogP contribution in [0, 0.1) is 10.8 Å². The third kappa shape index (κ3) is 3.72. The number of benzene rings is 1. The van der Waals surface area contributed by atoms with Crippen molar-refractivity contribution in [1.29, 1.82) is 0 Å². The zero-order valence-electron chi connectivity index (χ0n) is 22.9. The van der Waals surface area contributed by atoms with Gasteiger partial charge in [-0.05, 0) is 42.7 Å². The number of amides is 3. The number of esters is 1. The fraction of sp³-hybridized carbons (Fsp3) is 0.300. The van der Waals surface area contributed by atoms with Crippen LogP contribution in [0.4, 0.5) is 4.79 Å². The van der Waals surface area contributed by atoms with Crippen LogP contribution in [0.2, 0.25) is 0 Å². The van der Waals surface area contributed by atoms with Gasteiger partial charge in [-0.2, -0.15) is 5.10 Å². The summed E-state index contributed by atoms with van der Waals surface area (Å²) in [5.74, 6) is -0.603. The number of hydrazone groups is 1. The number of hydrogen-bond acceptors (Lipinski definition) is 8. The molecular formula is C30H29N5O6. The predicted molar refractivity (Wildman–Crippen MR) is 148 cm³/mol. The maximum atomic E-state index is 13.3. The summed E-state index contributed by atoms with van der Waals surface area (Å²) >= 11 is 0. The number of rotatable bonds is 3. The molecule has 1 spiro atoms. The average molecular weight is 556 g/mol. The van der Waals surface area contributed by atoms with Gasteiger partial charge in [0.25, 0.3) is 5.91 Å². The standard InChI is InChI=1S/C30H29N5O6/c1-15-7-10-20-28(2,3)23(34-35-27(31)39)19(40-26(38)17-6-5-11-32-14-17)13-30(20)29(15,4)12-16-8-9-18-21(22(16)41-30)25(37)33-24(18)36/h5-11,13-14,25,37H,12H2,1-4H3,(H,33,36)(H3,31,35,39). The molecule has 0 bridgehead atoms. The lowest BCUT2D eigenvalue weighted by Gasteiger charge is -2.58. The fourth-order valence-corrected chi connectivity index (χ4v) is 6.39. The molecule has 210 valence electrons. The molecule has 0 radical (unpaired) electrons. The van der Waals surface area contributed by atoms with Gasteiger partial charge in [-0.3, -0.25) is 9.78 Å². The van der Waals surface area contributed by atoms with E-state index in [0.29, 0.717) is 23.3 Å². The Morgan fingerprint density at radius 2 is 2.02 bits per heavy atom. The van der Waals surface area contributed by atoms with E-state index >= 15 is 0 Å². The first-order valence-corrected chi connectivity index (χ1v) is 13.1. The first-order valence-electron chi connectivity index (χ1n) is 13.1. The van der Waals surface area contributed by atoms with Crippen LogP contribution in [0.5, 0.6) is 5.75 Å². The number of carbonyl (C=O) groups is 3. The molecule has 0 saturated heterocycles. The Hall–Kier alpha value is -4.77. The third-order valence-corrected chi connectivity index (χ3v) is 8.67. The van der Waals surface area contributed by atoms with Crippen molar-refractivity contribution in [3.8, 4) is 5.75 Å². The number of aliphatic hydroxyl groups is 1. The molecule has 11 heteroatoms. The Labute approximate surface area is 235 Å². The number of urea groups is 1. The topological polar surface area (TPSA) is 165 Å². The van der Waals surface area contributed by atoms with E-state index in [1.54, 1.807) is 30.5 Å². The Morgan fingerprint density at radius 1 is 1.24 bits per heavy atom. The number of nitrogens with two attached hydrogens (primary N) is 1. The lowest BCUT2D eigenvalue weighted by molar-refractivity contribution is 0.00320. The van der Waals surface area contributed by atoms with Crippen molar-refractivity contribution in [1.82, 2.24) is 15.7 Å². The summed E-state index contributed by atoms with van der Waals surface area (Å²) < 4.78 is 12.9. The number of aliphatic hydroxyl groups excluding tert-OH is 1. The second kappa shape index (κ2) is 8.87. The number of carbonyl (C=O) groups excluding carboxylic acids is 3. The number of hydrogen-bond donors (Lipinski definition) is 4. The van der Waals surface area contributed by atoms with Gasteiger partial charge in [-0.1, -0.05) is 44.6 Å². The summed E-state index contributed by atoms with van der Waals surface area (Å²) in [5.41, 5.74) is 8.56. The maximum absolute atomic E-state index is 13.3. The number of aromatic nitrogens is 1. The van der Waals surface area contributed by atoms with E-state index in [-0.39, 0.29) is 17.0 Å². The normalized spacial score (nSPS) is 27.9. The van der Waals surface area contributed by atoms with Crippen molar-refractivity contribution in [3.05, 3.63) is 94.0 Å². The lowest BCUT2D eigenvalue weighted by atomic mass is 9.52. The maximum Gasteiger partial charge on any atom is 0.345 e. The summed E-state index contributed by atoms with van der Waals surface area (Å²) in [6.45, 7) is 7.85. The molecule has 2 aliphatic carbocycles. The molecule has 1 aromatic carbocycles. The summed E-state index contributed by atoms with van der Waals surface area (Å²) in [7, 11) is 0. The molecule has 3 atom stereocenters. The van der Waals surface area contributed by atoms with Crippen LogP contribution in [0.15, 0.2) is 76.9 Å². The average Bonchev–Trinajstić information content (AvgIpc) is 3.21. The molecule has 41 heavy (non-hydrogen) atoms. The second-order valence-electron chi connectivity index (χ2n) is 11.4. The minimum atomic E-state index is -1.23. The van der Waals surface area contributed by atoms with Crippen LogP contribution in [-0.4, -0.2) is 39.3 Å². The van der Waals surface area contributed by atoms with Crippen molar-refractivity contribution in [3.63, 3.8) is 0 Å². The number of nitrogens with one attached hydrogen (secondary N) is 2. The molecule has 6 rings (SSSR count). The number of primary amides is 1. The number of fused-ring (bicyclic) bond motifs is 3. The fourth-order valence-electron chi connectivity index (χ4n) is 6.39. The monoisotopic (exact) mass is 555 g/mol. The number of pyridine rings is 1. The van der Waals surface area contributed by atoms with Gasteiger partial charge in [0.05, 0.1) is 16.7 Å². The quantitative estimate of drug-likeness (QED) is 0.333. The van der Waals surface area contributed by atoms with Crippen LogP contribution in [0.3, 0.4) is 0 Å². The van der Waals surface area contributed by atoms with Crippen LogP contribution in [-0.2, 0) is 11.2 Å². The van der Waals surface area contributed by atoms with Gasteiger partial charge in [0.2, 0.25) is 0 Å². The van der Waals surface area contributed by atoms with Gasteiger partial charge in [-0.25, -0.2) is 15.0 Å². The minimum Gasteiger partial charge on any atom is -0.477 e. The molecule has 3 amide bonds. The second-order valence-corrected chi connectivity index (χ2v) is 11.4. The van der Waals surface area contributed by atoms with E-state index in [1.165, 1.54) is 6.20 Å². The Kier molecular flexibility index (Phi) is 5.72. The zero-order chi connectivity index (χ0) is 29.3. The number of nitrogens with zero attached hydrogens (tertiary/aromatic N) is 2. The van der Waals surface area contributed by atoms with E-state index in [0.717, 1.165) is 16.7 Å². The SMILES string of the molecule is CC1=CC=C2C(C)(C)C(=NNC(N)=O)C(OC(=O)c3cccnc3)=CC23Oc2c(ccc4c2C(O)NC4=O)CC13C. The van der Waals surface area contributed by atoms with Crippen molar-refractivity contribution < 1.29 is 29.0 Å². The molecule has 0 saturated carbocycles. The van der Waals surface area contributed by atoms with Crippen LogP contribution < -0.4 is 21.2 Å². The van der Waals surface area contributed by atoms with E-state index in [1.807, 2.05) is 39.0 Å². The summed E-state index contributed by atoms with van der Waals surface area (Å²) in [6, 6.07) is 5.86. The highest BCUT2D eigenvalue weighted by Crippen LogP contribution is 2.62. The molecule has 3 heterocycles. The molecule has 1 aromatic heterocycles. The van der Waals surface area contributed by atoms with Crippen LogP contribution >= 0.6 is 0 Å². The van der Waals surface area contributed by atoms with Crippen LogP contribution in [0.25, 0.3) is 0 Å². The van der Waals surface area contributed by atoms with Gasteiger partial charge in [0.15, 0.2) is 17.6 Å². The smallest absolute Gasteiger partial charge is 0.345 e. The van der Waals surface area contributed by atoms with E-state index < -0.39 is 40.6 Å². The van der Waals surface area contributed by atoms with Crippen molar-refractivity contribution >= 4 is 23.6 Å². The van der Waals surface area contributed by atoms with E-state index in [4.69, 9.17) is 15.2 Å². The van der Waals surface area contributed by atoms with Crippen LogP contribution in [0.1, 0.15) is 65.8 Å². The molecular weight excluding hydrogens is 526 g/mol. The molecule has 0 fully saturated rings. The van der Waals surface area contributed by atoms with E-state index in [2.05, 4.69) is 27.8 Å². The van der Waals surface area contributed by atoms with E-state index in [9.17, 15) is 19.5 Å². The van der Waals surface area contributed by atoms with Gasteiger partial charge >= 0.3 is 12.0 Å². The number of allylic oxidation sites excluding steroid dienone is 3. The first kappa shape index (κ1) is 26.5. The first-order chi connectivity index (χ1) is 19.4. The van der Waals surface area contributed by atoms with Gasteiger partial charge in [-0.15, -0.1) is 0 Å². The lowest BCUT2D eigenvalue weighted by Crippen LogP contribution is -2.62. The molecule has 5 N–H and O–H groups in total. The van der Waals surface area contributed by atoms with Crippen molar-refractivity contribution in [2.75, 3.05) is 0 Å². The van der Waals surface area contributed by atoms with Gasteiger partial charge < -0.3 is 25.6 Å². The molecule has 4 aliphatic rings. The highest BCUT2D eigenvalue weighted by molar-refractivity contribution is 6.09. The van der Waals surface area contributed by atoms with Gasteiger partial charge in [0, 0.05) is 29.3 Å². The molecule has 2 aliphatic heterocycles. The Bertz CT molecular complexity index is 1660. The molecule has 3 unspecified atom stereocenters. The third-order valence-electron chi connectivity index (χ3n) is 8.67. The summed E-state index contributed by atoms with van der Waals surface area (Å²) in [5, 5.41) is 17.6. The Balaban J connectivity index is 1.60. The molecule has 2 aromatic rings. The van der Waals surface area contributed by atoms with Crippen molar-refractivity contribution in [2.24, 2.45) is 21.7 Å². The van der Waals surface area contributed by atoms with Crippen molar-refractivity contribution in [2.45, 2.75) is 45.9 Å². The van der Waals surface area contributed by atoms with Gasteiger partial charge in [0.1, 0.15) is 11.5 Å². The number of ether oxygens (including phenoxy) is 2. The predicted octanol–water partition coefficient (Wildman–Crippen LogP) is 3.19. The Morgan fingerprint density at radius 3 is 2.73 bits per heavy atom.